The predicted molar refractivity (Wildman–Crippen MR) is 60.8 cm³/mol. The summed E-state index contributed by atoms with van der Waals surface area (Å²) in [6.07, 6.45) is -0.671. The van der Waals surface area contributed by atoms with E-state index in [1.54, 1.807) is 6.92 Å². The second kappa shape index (κ2) is 4.31. The van der Waals surface area contributed by atoms with Gasteiger partial charge in [-0.25, -0.2) is 0 Å². The fraction of sp³-hybridized carbons (Fsp3) is 0.500. The number of nitrogens with two attached hydrogens (primary N) is 1. The molecule has 2 rings (SSSR count). The maximum absolute atomic E-state index is 9.96. The fourth-order valence-corrected chi connectivity index (χ4v) is 1.81. The number of hydrogen-bond acceptors (Lipinski definition) is 4. The SMILES string of the molecule is Cc1cc2c(cc1C(O)C(C)N)OCCO2. The highest BCUT2D eigenvalue weighted by Crippen LogP contribution is 2.35. The molecule has 0 saturated carbocycles. The Morgan fingerprint density at radius 3 is 2.38 bits per heavy atom. The average Bonchev–Trinajstić information content (AvgIpc) is 2.27. The Hall–Kier alpha value is -1.26. The van der Waals surface area contributed by atoms with Crippen LogP contribution < -0.4 is 15.2 Å². The third-order valence-corrected chi connectivity index (χ3v) is 2.75. The fourth-order valence-electron chi connectivity index (χ4n) is 1.81. The molecule has 0 aliphatic carbocycles. The minimum atomic E-state index is -0.671. The molecule has 0 amide bonds. The van der Waals surface area contributed by atoms with Gasteiger partial charge in [0.2, 0.25) is 0 Å². The standard InChI is InChI=1S/C12H17NO3/c1-7-5-10-11(16-4-3-15-10)6-9(7)12(14)8(2)13/h5-6,8,12,14H,3-4,13H2,1-2H3. The number of aryl methyl sites for hydroxylation is 1. The Kier molecular flexibility index (Phi) is 3.03. The molecule has 1 heterocycles. The molecule has 0 radical (unpaired) electrons. The summed E-state index contributed by atoms with van der Waals surface area (Å²) in [5.41, 5.74) is 7.46. The van der Waals surface area contributed by atoms with Gasteiger partial charge in [-0.15, -0.1) is 0 Å². The third-order valence-electron chi connectivity index (χ3n) is 2.75. The van der Waals surface area contributed by atoms with E-state index in [0.29, 0.717) is 19.0 Å². The van der Waals surface area contributed by atoms with E-state index in [2.05, 4.69) is 0 Å². The van der Waals surface area contributed by atoms with E-state index in [1.165, 1.54) is 0 Å². The first-order chi connectivity index (χ1) is 7.59. The van der Waals surface area contributed by atoms with Crippen LogP contribution in [0.15, 0.2) is 12.1 Å². The minimum absolute atomic E-state index is 0.304. The van der Waals surface area contributed by atoms with Crippen LogP contribution >= 0.6 is 0 Å². The number of aliphatic hydroxyl groups excluding tert-OH is 1. The molecular weight excluding hydrogens is 206 g/mol. The lowest BCUT2D eigenvalue weighted by molar-refractivity contribution is 0.148. The van der Waals surface area contributed by atoms with Crippen LogP contribution in [0.4, 0.5) is 0 Å². The zero-order valence-corrected chi connectivity index (χ0v) is 9.56. The molecular formula is C12H17NO3. The number of hydrogen-bond donors (Lipinski definition) is 2. The van der Waals surface area contributed by atoms with E-state index in [9.17, 15) is 5.11 Å². The monoisotopic (exact) mass is 223 g/mol. The van der Waals surface area contributed by atoms with E-state index < -0.39 is 6.10 Å². The lowest BCUT2D eigenvalue weighted by Crippen LogP contribution is -2.25. The van der Waals surface area contributed by atoms with Gasteiger partial charge in [-0.3, -0.25) is 0 Å². The molecule has 88 valence electrons. The van der Waals surface area contributed by atoms with Crippen molar-refractivity contribution in [3.63, 3.8) is 0 Å². The van der Waals surface area contributed by atoms with Gasteiger partial charge in [-0.2, -0.15) is 0 Å². The maximum atomic E-state index is 9.96. The lowest BCUT2D eigenvalue weighted by Gasteiger charge is -2.23. The summed E-state index contributed by atoms with van der Waals surface area (Å²) in [6, 6.07) is 3.40. The zero-order chi connectivity index (χ0) is 11.7. The summed E-state index contributed by atoms with van der Waals surface area (Å²) in [6.45, 7) is 4.82. The van der Waals surface area contributed by atoms with Gasteiger partial charge in [0, 0.05) is 6.04 Å². The molecule has 1 aromatic carbocycles. The van der Waals surface area contributed by atoms with Crippen LogP contribution in [-0.2, 0) is 0 Å². The Balaban J connectivity index is 2.39. The summed E-state index contributed by atoms with van der Waals surface area (Å²) in [4.78, 5) is 0. The van der Waals surface area contributed by atoms with Crippen LogP contribution in [0.1, 0.15) is 24.2 Å². The van der Waals surface area contributed by atoms with Gasteiger partial charge >= 0.3 is 0 Å². The second-order valence-corrected chi connectivity index (χ2v) is 4.16. The van der Waals surface area contributed by atoms with Crippen LogP contribution in [0.3, 0.4) is 0 Å². The van der Waals surface area contributed by atoms with Crippen LogP contribution in [0.5, 0.6) is 11.5 Å². The molecule has 1 aliphatic rings. The number of fused-ring (bicyclic) bond motifs is 1. The number of ether oxygens (including phenoxy) is 2. The van der Waals surface area contributed by atoms with Crippen molar-refractivity contribution in [1.29, 1.82) is 0 Å². The molecule has 0 fully saturated rings. The first-order valence-corrected chi connectivity index (χ1v) is 5.43. The third kappa shape index (κ3) is 1.99. The van der Waals surface area contributed by atoms with Gasteiger partial charge in [0.25, 0.3) is 0 Å². The largest absolute Gasteiger partial charge is 0.486 e. The summed E-state index contributed by atoms with van der Waals surface area (Å²) < 4.78 is 10.9. The Morgan fingerprint density at radius 2 is 1.81 bits per heavy atom. The molecule has 4 nitrogen and oxygen atoms in total. The highest BCUT2D eigenvalue weighted by molar-refractivity contribution is 5.48. The van der Waals surface area contributed by atoms with Crippen LogP contribution in [-0.4, -0.2) is 24.4 Å². The van der Waals surface area contributed by atoms with Crippen molar-refractivity contribution in [3.05, 3.63) is 23.3 Å². The lowest BCUT2D eigenvalue weighted by atomic mass is 9.98. The average molecular weight is 223 g/mol. The molecule has 0 spiro atoms. The number of rotatable bonds is 2. The van der Waals surface area contributed by atoms with Gasteiger partial charge in [0.15, 0.2) is 11.5 Å². The quantitative estimate of drug-likeness (QED) is 0.789. The topological polar surface area (TPSA) is 64.7 Å². The van der Waals surface area contributed by atoms with Gasteiger partial charge in [0.05, 0.1) is 6.10 Å². The Bertz CT molecular complexity index is 390. The normalized spacial score (nSPS) is 18.0. The molecule has 0 aromatic heterocycles. The first kappa shape index (κ1) is 11.2. The maximum Gasteiger partial charge on any atom is 0.161 e. The summed E-state index contributed by atoms with van der Waals surface area (Å²) >= 11 is 0. The Morgan fingerprint density at radius 1 is 1.25 bits per heavy atom. The molecule has 0 bridgehead atoms. The highest BCUT2D eigenvalue weighted by Gasteiger charge is 2.20. The van der Waals surface area contributed by atoms with Crippen molar-refractivity contribution < 1.29 is 14.6 Å². The molecule has 1 aromatic rings. The van der Waals surface area contributed by atoms with Crippen molar-refractivity contribution in [2.45, 2.75) is 26.0 Å². The zero-order valence-electron chi connectivity index (χ0n) is 9.56. The molecule has 2 atom stereocenters. The van der Waals surface area contributed by atoms with E-state index in [-0.39, 0.29) is 6.04 Å². The van der Waals surface area contributed by atoms with E-state index >= 15 is 0 Å². The smallest absolute Gasteiger partial charge is 0.161 e. The van der Waals surface area contributed by atoms with Crippen molar-refractivity contribution in [2.75, 3.05) is 13.2 Å². The Labute approximate surface area is 95.0 Å². The van der Waals surface area contributed by atoms with Gasteiger partial charge < -0.3 is 20.3 Å². The summed E-state index contributed by atoms with van der Waals surface area (Å²) in [5, 5.41) is 9.96. The van der Waals surface area contributed by atoms with Crippen molar-refractivity contribution in [3.8, 4) is 11.5 Å². The van der Waals surface area contributed by atoms with Gasteiger partial charge in [0.1, 0.15) is 13.2 Å². The summed E-state index contributed by atoms with van der Waals surface area (Å²) in [7, 11) is 0. The van der Waals surface area contributed by atoms with Crippen LogP contribution in [0.25, 0.3) is 0 Å². The van der Waals surface area contributed by atoms with Crippen molar-refractivity contribution in [2.24, 2.45) is 5.73 Å². The summed E-state index contributed by atoms with van der Waals surface area (Å²) in [5.74, 6) is 1.43. The second-order valence-electron chi connectivity index (χ2n) is 4.16. The molecule has 1 aliphatic heterocycles. The van der Waals surface area contributed by atoms with Crippen molar-refractivity contribution >= 4 is 0 Å². The molecule has 16 heavy (non-hydrogen) atoms. The predicted octanol–water partition coefficient (Wildman–Crippen LogP) is 1.15. The van der Waals surface area contributed by atoms with Crippen molar-refractivity contribution in [1.82, 2.24) is 0 Å². The van der Waals surface area contributed by atoms with Crippen LogP contribution in [0.2, 0.25) is 0 Å². The number of benzene rings is 1. The highest BCUT2D eigenvalue weighted by atomic mass is 16.6. The molecule has 4 heteroatoms. The molecule has 3 N–H and O–H groups in total. The van der Waals surface area contributed by atoms with E-state index in [0.717, 1.165) is 16.9 Å². The molecule has 0 saturated heterocycles. The molecule has 2 unspecified atom stereocenters. The van der Waals surface area contributed by atoms with E-state index in [4.69, 9.17) is 15.2 Å². The minimum Gasteiger partial charge on any atom is -0.486 e. The van der Waals surface area contributed by atoms with Gasteiger partial charge in [-0.05, 0) is 37.1 Å². The van der Waals surface area contributed by atoms with Gasteiger partial charge in [-0.1, -0.05) is 0 Å². The van der Waals surface area contributed by atoms with E-state index in [1.807, 2.05) is 19.1 Å². The van der Waals surface area contributed by atoms with Crippen LogP contribution in [0, 0.1) is 6.92 Å². The first-order valence-electron chi connectivity index (χ1n) is 5.43. The number of aliphatic hydroxyl groups is 1.